The summed E-state index contributed by atoms with van der Waals surface area (Å²) in [6.45, 7) is 6.68. The van der Waals surface area contributed by atoms with E-state index in [1.165, 1.54) is 34.2 Å². The number of amides is 2. The van der Waals surface area contributed by atoms with Gasteiger partial charge in [0.1, 0.15) is 0 Å². The zero-order valence-electron chi connectivity index (χ0n) is 16.7. The normalized spacial score (nSPS) is 16.8. The molecule has 4 rings (SSSR count). The van der Waals surface area contributed by atoms with Crippen LogP contribution in [-0.4, -0.2) is 63.7 Å². The number of carbonyl (C=O) groups excluding carboxylic acids is 2. The van der Waals surface area contributed by atoms with E-state index < -0.39 is 0 Å². The third kappa shape index (κ3) is 4.90. The number of aromatic nitrogens is 2. The Balaban J connectivity index is 1.25. The molecule has 154 valence electrons. The van der Waals surface area contributed by atoms with Crippen molar-refractivity contribution in [3.63, 3.8) is 0 Å². The molecule has 2 aliphatic rings. The van der Waals surface area contributed by atoms with Crippen molar-refractivity contribution in [2.45, 2.75) is 31.0 Å². The Morgan fingerprint density at radius 3 is 2.59 bits per heavy atom. The van der Waals surface area contributed by atoms with Gasteiger partial charge in [0.2, 0.25) is 16.9 Å². The molecule has 2 aromatic rings. The van der Waals surface area contributed by atoms with Crippen LogP contribution in [0.2, 0.25) is 0 Å². The van der Waals surface area contributed by atoms with Gasteiger partial charge in [-0.2, -0.15) is 0 Å². The van der Waals surface area contributed by atoms with Crippen LogP contribution in [0.4, 0.5) is 10.8 Å². The van der Waals surface area contributed by atoms with Crippen LogP contribution in [0.1, 0.15) is 24.0 Å². The van der Waals surface area contributed by atoms with E-state index in [0.29, 0.717) is 31.9 Å². The van der Waals surface area contributed by atoms with Crippen molar-refractivity contribution < 1.29 is 9.59 Å². The number of benzene rings is 1. The molecule has 2 amide bonds. The number of piperazine rings is 1. The molecule has 0 atom stereocenters. The van der Waals surface area contributed by atoms with Crippen LogP contribution in [0.25, 0.3) is 0 Å². The Labute approximate surface area is 178 Å². The summed E-state index contributed by atoms with van der Waals surface area (Å²) in [6.07, 6.45) is 2.05. The molecule has 1 saturated heterocycles. The van der Waals surface area contributed by atoms with Crippen LogP contribution in [0.15, 0.2) is 22.5 Å². The van der Waals surface area contributed by atoms with Crippen molar-refractivity contribution in [1.82, 2.24) is 20.0 Å². The molecule has 0 unspecified atom stereocenters. The Kier molecular flexibility index (Phi) is 6.05. The predicted octanol–water partition coefficient (Wildman–Crippen LogP) is 3.07. The van der Waals surface area contributed by atoms with E-state index in [1.54, 1.807) is 0 Å². The first kappa shape index (κ1) is 20.2. The van der Waals surface area contributed by atoms with Gasteiger partial charge >= 0.3 is 0 Å². The molecule has 1 N–H and O–H groups in total. The highest BCUT2D eigenvalue weighted by molar-refractivity contribution is 8.01. The molecule has 1 aliphatic carbocycles. The lowest BCUT2D eigenvalue weighted by Crippen LogP contribution is -2.51. The van der Waals surface area contributed by atoms with E-state index in [9.17, 15) is 9.59 Å². The first-order valence-electron chi connectivity index (χ1n) is 9.87. The summed E-state index contributed by atoms with van der Waals surface area (Å²) in [7, 11) is 0. The van der Waals surface area contributed by atoms with Crippen LogP contribution in [0.5, 0.6) is 0 Å². The fourth-order valence-electron chi connectivity index (χ4n) is 3.30. The maximum Gasteiger partial charge on any atom is 0.233 e. The second-order valence-electron chi connectivity index (χ2n) is 7.51. The van der Waals surface area contributed by atoms with E-state index in [-0.39, 0.29) is 17.7 Å². The van der Waals surface area contributed by atoms with Crippen molar-refractivity contribution in [3.8, 4) is 0 Å². The smallest absolute Gasteiger partial charge is 0.233 e. The Hall–Kier alpha value is -2.13. The molecule has 7 nitrogen and oxygen atoms in total. The molecule has 9 heteroatoms. The Morgan fingerprint density at radius 1 is 1.14 bits per heavy atom. The molecule has 1 aromatic carbocycles. The Morgan fingerprint density at radius 2 is 1.86 bits per heavy atom. The molecule has 0 bridgehead atoms. The number of carbonyl (C=O) groups is 2. The van der Waals surface area contributed by atoms with Gasteiger partial charge in [-0.25, -0.2) is 0 Å². The Bertz CT molecular complexity index is 904. The maximum absolute atomic E-state index is 12.5. The summed E-state index contributed by atoms with van der Waals surface area (Å²) in [5.74, 6) is 0.947. The third-order valence-electron chi connectivity index (χ3n) is 5.44. The van der Waals surface area contributed by atoms with E-state index in [4.69, 9.17) is 0 Å². The number of nitrogens with zero attached hydrogens (tertiary/aromatic N) is 4. The van der Waals surface area contributed by atoms with E-state index in [2.05, 4.69) is 35.4 Å². The van der Waals surface area contributed by atoms with Crippen molar-refractivity contribution in [2.24, 2.45) is 5.92 Å². The van der Waals surface area contributed by atoms with Gasteiger partial charge in [-0.05, 0) is 43.9 Å². The lowest BCUT2D eigenvalue weighted by molar-refractivity contribution is -0.139. The molecular weight excluding hydrogens is 406 g/mol. The quantitative estimate of drug-likeness (QED) is 0.708. The second-order valence-corrected chi connectivity index (χ2v) is 9.71. The monoisotopic (exact) mass is 431 g/mol. The molecule has 2 fully saturated rings. The number of aryl methyl sites for hydroxylation is 1. The molecule has 1 aliphatic heterocycles. The zero-order valence-corrected chi connectivity index (χ0v) is 18.3. The van der Waals surface area contributed by atoms with Crippen LogP contribution in [0.3, 0.4) is 0 Å². The predicted molar refractivity (Wildman–Crippen MR) is 116 cm³/mol. The standard InChI is InChI=1S/C20H25N5O2S2/c1-13-4-3-5-16(14(13)2)21-19-22-23-20(29-19)28-12-17(26)24-8-10-25(11-9-24)18(27)15-6-7-15/h3-5,15H,6-12H2,1-2H3,(H,21,22). The largest absolute Gasteiger partial charge is 0.339 e. The first-order chi connectivity index (χ1) is 14.0. The molecule has 1 saturated carbocycles. The van der Waals surface area contributed by atoms with Gasteiger partial charge in [-0.3, -0.25) is 9.59 Å². The van der Waals surface area contributed by atoms with Gasteiger partial charge in [0.05, 0.1) is 5.75 Å². The fraction of sp³-hybridized carbons (Fsp3) is 0.500. The second kappa shape index (κ2) is 8.71. The van der Waals surface area contributed by atoms with Gasteiger partial charge in [-0.15, -0.1) is 10.2 Å². The number of hydrogen-bond acceptors (Lipinski definition) is 7. The van der Waals surface area contributed by atoms with E-state index >= 15 is 0 Å². The van der Waals surface area contributed by atoms with Gasteiger partial charge in [-0.1, -0.05) is 35.2 Å². The molecule has 2 heterocycles. The van der Waals surface area contributed by atoms with E-state index in [0.717, 1.165) is 28.0 Å². The number of rotatable bonds is 6. The van der Waals surface area contributed by atoms with Crippen LogP contribution in [-0.2, 0) is 9.59 Å². The van der Waals surface area contributed by atoms with Crippen molar-refractivity contribution in [3.05, 3.63) is 29.3 Å². The summed E-state index contributed by atoms with van der Waals surface area (Å²) < 4.78 is 0.772. The van der Waals surface area contributed by atoms with Crippen LogP contribution < -0.4 is 5.32 Å². The topological polar surface area (TPSA) is 78.4 Å². The van der Waals surface area contributed by atoms with Gasteiger partial charge < -0.3 is 15.1 Å². The number of anilines is 2. The van der Waals surface area contributed by atoms with Gasteiger partial charge in [0.15, 0.2) is 4.34 Å². The molecular formula is C20H25N5O2S2. The minimum Gasteiger partial charge on any atom is -0.339 e. The summed E-state index contributed by atoms with van der Waals surface area (Å²) >= 11 is 2.87. The molecule has 0 radical (unpaired) electrons. The third-order valence-corrected chi connectivity index (χ3v) is 7.40. The maximum atomic E-state index is 12.5. The summed E-state index contributed by atoms with van der Waals surface area (Å²) in [5, 5.41) is 12.4. The number of nitrogens with one attached hydrogen (secondary N) is 1. The fourth-order valence-corrected chi connectivity index (χ4v) is 4.97. The average molecular weight is 432 g/mol. The summed E-state index contributed by atoms with van der Waals surface area (Å²) in [4.78, 5) is 28.4. The minimum atomic E-state index is 0.0905. The summed E-state index contributed by atoms with van der Waals surface area (Å²) in [6, 6.07) is 6.11. The number of hydrogen-bond donors (Lipinski definition) is 1. The van der Waals surface area contributed by atoms with Crippen LogP contribution >= 0.6 is 23.1 Å². The molecule has 0 spiro atoms. The van der Waals surface area contributed by atoms with Crippen molar-refractivity contribution in [2.75, 3.05) is 37.2 Å². The highest BCUT2D eigenvalue weighted by atomic mass is 32.2. The van der Waals surface area contributed by atoms with Crippen molar-refractivity contribution in [1.29, 1.82) is 0 Å². The SMILES string of the molecule is Cc1cccc(Nc2nnc(SCC(=O)N3CCN(C(=O)C4CC4)CC3)s2)c1C. The van der Waals surface area contributed by atoms with Gasteiger partial charge in [0, 0.05) is 37.8 Å². The number of thioether (sulfide) groups is 1. The first-order valence-corrected chi connectivity index (χ1v) is 11.7. The zero-order chi connectivity index (χ0) is 20.4. The summed E-state index contributed by atoms with van der Waals surface area (Å²) in [5.41, 5.74) is 3.43. The highest BCUT2D eigenvalue weighted by Crippen LogP contribution is 2.32. The van der Waals surface area contributed by atoms with E-state index in [1.807, 2.05) is 21.9 Å². The van der Waals surface area contributed by atoms with Crippen molar-refractivity contribution >= 4 is 45.7 Å². The molecule has 1 aromatic heterocycles. The van der Waals surface area contributed by atoms with Crippen LogP contribution in [0, 0.1) is 19.8 Å². The minimum absolute atomic E-state index is 0.0905. The molecule has 29 heavy (non-hydrogen) atoms. The van der Waals surface area contributed by atoms with Gasteiger partial charge in [0.25, 0.3) is 0 Å². The lowest BCUT2D eigenvalue weighted by atomic mass is 10.1. The highest BCUT2D eigenvalue weighted by Gasteiger charge is 2.35. The lowest BCUT2D eigenvalue weighted by Gasteiger charge is -2.34. The average Bonchev–Trinajstić information content (AvgIpc) is 3.49.